The van der Waals surface area contributed by atoms with Gasteiger partial charge in [0.2, 0.25) is 0 Å². The number of carbonyl (C=O) groups is 1. The Bertz CT molecular complexity index is 475. The van der Waals surface area contributed by atoms with Gasteiger partial charge < -0.3 is 14.4 Å². The summed E-state index contributed by atoms with van der Waals surface area (Å²) in [6.45, 7) is 5.87. The van der Waals surface area contributed by atoms with Gasteiger partial charge in [-0.2, -0.15) is 0 Å². The Morgan fingerprint density at radius 2 is 2.19 bits per heavy atom. The quantitative estimate of drug-likeness (QED) is 0.836. The maximum absolute atomic E-state index is 12.6. The number of methoxy groups -OCH3 is 1. The van der Waals surface area contributed by atoms with Crippen molar-refractivity contribution in [1.82, 2.24) is 4.90 Å². The summed E-state index contributed by atoms with van der Waals surface area (Å²) < 4.78 is 11.1. The average Bonchev–Trinajstić information content (AvgIpc) is 2.52. The van der Waals surface area contributed by atoms with E-state index in [1.54, 1.807) is 7.11 Å². The second-order valence-corrected chi connectivity index (χ2v) is 5.73. The van der Waals surface area contributed by atoms with Crippen molar-refractivity contribution in [3.8, 4) is 11.5 Å². The minimum Gasteiger partial charge on any atom is -0.497 e. The molecule has 1 amide bonds. The first kappa shape index (κ1) is 15.7. The summed E-state index contributed by atoms with van der Waals surface area (Å²) in [4.78, 5) is 14.6. The number of amides is 1. The number of rotatable bonds is 5. The molecule has 1 fully saturated rings. The SMILES string of the molecule is CC[C@H](Oc1cccc(OC)c1)C(=O)N1CCC[C@H](C)C1. The standard InChI is InChI=1S/C17H25NO3/c1-4-16(17(19)18-10-6-7-13(2)12-18)21-15-9-5-8-14(11-15)20-3/h5,8-9,11,13,16H,4,6-7,10,12H2,1-3H3/t13-,16-/m0/s1. The fraction of sp³-hybridized carbons (Fsp3) is 0.588. The van der Waals surface area contributed by atoms with Gasteiger partial charge in [-0.05, 0) is 37.3 Å². The molecular formula is C17H25NO3. The van der Waals surface area contributed by atoms with Crippen molar-refractivity contribution < 1.29 is 14.3 Å². The molecule has 2 atom stereocenters. The molecule has 21 heavy (non-hydrogen) atoms. The highest BCUT2D eigenvalue weighted by Gasteiger charge is 2.27. The van der Waals surface area contributed by atoms with Gasteiger partial charge in [-0.25, -0.2) is 0 Å². The number of piperidine rings is 1. The predicted molar refractivity (Wildman–Crippen MR) is 82.7 cm³/mol. The summed E-state index contributed by atoms with van der Waals surface area (Å²) >= 11 is 0. The van der Waals surface area contributed by atoms with Gasteiger partial charge in [-0.15, -0.1) is 0 Å². The third-order valence-corrected chi connectivity index (χ3v) is 3.93. The van der Waals surface area contributed by atoms with Crippen LogP contribution in [0.4, 0.5) is 0 Å². The highest BCUT2D eigenvalue weighted by molar-refractivity contribution is 5.81. The number of benzene rings is 1. The van der Waals surface area contributed by atoms with Gasteiger partial charge in [-0.3, -0.25) is 4.79 Å². The lowest BCUT2D eigenvalue weighted by atomic mass is 9.99. The first-order valence-corrected chi connectivity index (χ1v) is 7.73. The number of nitrogens with zero attached hydrogens (tertiary/aromatic N) is 1. The van der Waals surface area contributed by atoms with Crippen LogP contribution in [0.5, 0.6) is 11.5 Å². The van der Waals surface area contributed by atoms with E-state index in [0.717, 1.165) is 25.3 Å². The zero-order valence-electron chi connectivity index (χ0n) is 13.2. The van der Waals surface area contributed by atoms with E-state index in [2.05, 4.69) is 6.92 Å². The molecule has 0 aliphatic carbocycles. The minimum atomic E-state index is -0.414. The van der Waals surface area contributed by atoms with Crippen LogP contribution in [0.1, 0.15) is 33.1 Å². The Labute approximate surface area is 127 Å². The molecule has 0 unspecified atom stereocenters. The van der Waals surface area contributed by atoms with Crippen molar-refractivity contribution >= 4 is 5.91 Å². The number of hydrogen-bond acceptors (Lipinski definition) is 3. The Kier molecular flexibility index (Phi) is 5.48. The second kappa shape index (κ2) is 7.34. The van der Waals surface area contributed by atoms with E-state index in [4.69, 9.17) is 9.47 Å². The molecule has 1 saturated heterocycles. The number of likely N-dealkylation sites (tertiary alicyclic amines) is 1. The summed E-state index contributed by atoms with van der Waals surface area (Å²) in [6, 6.07) is 7.41. The molecule has 0 saturated carbocycles. The second-order valence-electron chi connectivity index (χ2n) is 5.73. The molecule has 0 radical (unpaired) electrons. The zero-order valence-corrected chi connectivity index (χ0v) is 13.2. The number of hydrogen-bond donors (Lipinski definition) is 0. The molecule has 4 nitrogen and oxygen atoms in total. The molecule has 0 spiro atoms. The van der Waals surface area contributed by atoms with Crippen molar-refractivity contribution in [3.05, 3.63) is 24.3 Å². The van der Waals surface area contributed by atoms with Crippen molar-refractivity contribution in [1.29, 1.82) is 0 Å². The fourth-order valence-electron chi connectivity index (χ4n) is 2.74. The highest BCUT2D eigenvalue weighted by atomic mass is 16.5. The fourth-order valence-corrected chi connectivity index (χ4v) is 2.74. The number of carbonyl (C=O) groups excluding carboxylic acids is 1. The molecule has 0 bridgehead atoms. The topological polar surface area (TPSA) is 38.8 Å². The zero-order chi connectivity index (χ0) is 15.2. The molecular weight excluding hydrogens is 266 g/mol. The summed E-state index contributed by atoms with van der Waals surface area (Å²) in [5, 5.41) is 0. The van der Waals surface area contributed by atoms with E-state index < -0.39 is 6.10 Å². The van der Waals surface area contributed by atoms with Crippen LogP contribution in [-0.2, 0) is 4.79 Å². The monoisotopic (exact) mass is 291 g/mol. The Morgan fingerprint density at radius 3 is 2.86 bits per heavy atom. The molecule has 1 aliphatic heterocycles. The van der Waals surface area contributed by atoms with E-state index in [1.165, 1.54) is 6.42 Å². The lowest BCUT2D eigenvalue weighted by molar-refractivity contribution is -0.140. The van der Waals surface area contributed by atoms with Crippen LogP contribution in [0.25, 0.3) is 0 Å². The van der Waals surface area contributed by atoms with Crippen LogP contribution in [0.3, 0.4) is 0 Å². The lowest BCUT2D eigenvalue weighted by Crippen LogP contribution is -2.46. The van der Waals surface area contributed by atoms with Crippen molar-refractivity contribution in [2.45, 2.75) is 39.2 Å². The first-order valence-electron chi connectivity index (χ1n) is 7.73. The average molecular weight is 291 g/mol. The van der Waals surface area contributed by atoms with Gasteiger partial charge in [0.05, 0.1) is 7.11 Å². The van der Waals surface area contributed by atoms with E-state index in [1.807, 2.05) is 36.1 Å². The molecule has 1 heterocycles. The van der Waals surface area contributed by atoms with E-state index in [9.17, 15) is 4.79 Å². The molecule has 116 valence electrons. The van der Waals surface area contributed by atoms with Crippen LogP contribution in [0, 0.1) is 5.92 Å². The molecule has 1 aliphatic rings. The van der Waals surface area contributed by atoms with E-state index in [0.29, 0.717) is 18.1 Å². The molecule has 1 aromatic carbocycles. The van der Waals surface area contributed by atoms with Crippen molar-refractivity contribution in [2.24, 2.45) is 5.92 Å². The van der Waals surface area contributed by atoms with Crippen LogP contribution in [0.2, 0.25) is 0 Å². The molecule has 1 aromatic rings. The van der Waals surface area contributed by atoms with Crippen molar-refractivity contribution in [3.63, 3.8) is 0 Å². The van der Waals surface area contributed by atoms with Crippen LogP contribution in [-0.4, -0.2) is 37.1 Å². The number of ether oxygens (including phenoxy) is 2. The largest absolute Gasteiger partial charge is 0.497 e. The minimum absolute atomic E-state index is 0.104. The maximum Gasteiger partial charge on any atom is 0.263 e. The van der Waals surface area contributed by atoms with Crippen LogP contribution >= 0.6 is 0 Å². The Morgan fingerprint density at radius 1 is 1.43 bits per heavy atom. The third kappa shape index (κ3) is 4.13. The maximum atomic E-state index is 12.6. The predicted octanol–water partition coefficient (Wildman–Crippen LogP) is 3.11. The first-order chi connectivity index (χ1) is 10.1. The van der Waals surface area contributed by atoms with Gasteiger partial charge >= 0.3 is 0 Å². The van der Waals surface area contributed by atoms with E-state index in [-0.39, 0.29) is 5.91 Å². The molecule has 4 heteroatoms. The Hall–Kier alpha value is -1.71. The molecule has 0 aromatic heterocycles. The molecule has 0 N–H and O–H groups in total. The van der Waals surface area contributed by atoms with E-state index >= 15 is 0 Å². The normalized spacial score (nSPS) is 20.0. The van der Waals surface area contributed by atoms with Crippen LogP contribution < -0.4 is 9.47 Å². The smallest absolute Gasteiger partial charge is 0.263 e. The van der Waals surface area contributed by atoms with Gasteiger partial charge in [-0.1, -0.05) is 19.9 Å². The summed E-state index contributed by atoms with van der Waals surface area (Å²) in [5.41, 5.74) is 0. The summed E-state index contributed by atoms with van der Waals surface area (Å²) in [7, 11) is 1.62. The third-order valence-electron chi connectivity index (χ3n) is 3.93. The summed E-state index contributed by atoms with van der Waals surface area (Å²) in [6.07, 6.45) is 2.54. The molecule has 2 rings (SSSR count). The van der Waals surface area contributed by atoms with Gasteiger partial charge in [0.15, 0.2) is 6.10 Å². The van der Waals surface area contributed by atoms with Gasteiger partial charge in [0.25, 0.3) is 5.91 Å². The van der Waals surface area contributed by atoms with Gasteiger partial charge in [0, 0.05) is 19.2 Å². The lowest BCUT2D eigenvalue weighted by Gasteiger charge is -2.33. The Balaban J connectivity index is 2.02. The highest BCUT2D eigenvalue weighted by Crippen LogP contribution is 2.22. The van der Waals surface area contributed by atoms with Crippen molar-refractivity contribution in [2.75, 3.05) is 20.2 Å². The van der Waals surface area contributed by atoms with Gasteiger partial charge in [0.1, 0.15) is 11.5 Å². The van der Waals surface area contributed by atoms with Crippen LogP contribution in [0.15, 0.2) is 24.3 Å². The summed E-state index contributed by atoms with van der Waals surface area (Å²) in [5.74, 6) is 2.10.